The number of amides is 2. The van der Waals surface area contributed by atoms with E-state index >= 15 is 0 Å². The van der Waals surface area contributed by atoms with Gasteiger partial charge in [-0.2, -0.15) is 0 Å². The summed E-state index contributed by atoms with van der Waals surface area (Å²) in [5.41, 5.74) is 1.80. The Morgan fingerprint density at radius 3 is 2.50 bits per heavy atom. The van der Waals surface area contributed by atoms with Gasteiger partial charge >= 0.3 is 6.09 Å². The molecule has 0 aliphatic carbocycles. The van der Waals surface area contributed by atoms with Gasteiger partial charge in [-0.15, -0.1) is 0 Å². The Balaban J connectivity index is 2.11. The summed E-state index contributed by atoms with van der Waals surface area (Å²) in [4.78, 5) is 23.3. The molecule has 0 heterocycles. The number of ether oxygens (including phenoxy) is 2. The van der Waals surface area contributed by atoms with Gasteiger partial charge in [0.1, 0.15) is 30.1 Å². The zero-order chi connectivity index (χ0) is 23.3. The van der Waals surface area contributed by atoms with Crippen LogP contribution in [-0.4, -0.2) is 35.5 Å². The standard InChI is InChI=1S/C22H22F2N2O6/c23-16-8-11-19(18(24)14-16)25-22(29)32-20(4-2-1-3-5-21(28)26-30)15-6-9-17(10-7-15)31-13-12-27/h1-3,5-11,14,20,27,30H,4,12-13H2,(H,25,29)(H,26,28)/b2-1+,5-3+/t20-/m0/s1. The van der Waals surface area contributed by atoms with Crippen molar-refractivity contribution in [1.82, 2.24) is 5.48 Å². The maximum absolute atomic E-state index is 13.8. The van der Waals surface area contributed by atoms with Crippen LogP contribution in [0.5, 0.6) is 5.75 Å². The molecule has 0 unspecified atom stereocenters. The fraction of sp³-hybridized carbons (Fsp3) is 0.182. The van der Waals surface area contributed by atoms with Gasteiger partial charge in [0, 0.05) is 18.6 Å². The predicted octanol–water partition coefficient (Wildman–Crippen LogP) is 3.63. The molecule has 0 aliphatic heterocycles. The lowest BCUT2D eigenvalue weighted by Crippen LogP contribution is -2.18. The number of carbonyl (C=O) groups excluding carboxylic acids is 2. The second-order valence-electron chi connectivity index (χ2n) is 6.28. The van der Waals surface area contributed by atoms with Gasteiger partial charge in [0.25, 0.3) is 5.91 Å². The van der Waals surface area contributed by atoms with Crippen LogP contribution in [0.4, 0.5) is 19.3 Å². The van der Waals surface area contributed by atoms with Crippen LogP contribution in [-0.2, 0) is 9.53 Å². The van der Waals surface area contributed by atoms with Crippen molar-refractivity contribution in [3.8, 4) is 5.75 Å². The van der Waals surface area contributed by atoms with E-state index < -0.39 is 29.7 Å². The topological polar surface area (TPSA) is 117 Å². The Hall–Kier alpha value is -3.76. The number of benzene rings is 2. The number of carbonyl (C=O) groups is 2. The van der Waals surface area contributed by atoms with Gasteiger partial charge in [0.2, 0.25) is 0 Å². The van der Waals surface area contributed by atoms with Crippen LogP contribution in [0.2, 0.25) is 0 Å². The molecule has 0 aromatic heterocycles. The third-order valence-electron chi connectivity index (χ3n) is 3.98. The predicted molar refractivity (Wildman–Crippen MR) is 111 cm³/mol. The Bertz CT molecular complexity index is 963. The second kappa shape index (κ2) is 12.8. The first-order chi connectivity index (χ1) is 15.4. The molecule has 10 heteroatoms. The maximum atomic E-state index is 13.8. The van der Waals surface area contributed by atoms with E-state index in [2.05, 4.69) is 5.32 Å². The van der Waals surface area contributed by atoms with Crippen LogP contribution in [0.3, 0.4) is 0 Å². The van der Waals surface area contributed by atoms with Crippen molar-refractivity contribution in [2.45, 2.75) is 12.5 Å². The monoisotopic (exact) mass is 448 g/mol. The summed E-state index contributed by atoms with van der Waals surface area (Å²) in [6.45, 7) is -0.0123. The van der Waals surface area contributed by atoms with Crippen molar-refractivity contribution in [2.75, 3.05) is 18.5 Å². The van der Waals surface area contributed by atoms with Crippen molar-refractivity contribution in [2.24, 2.45) is 0 Å². The average Bonchev–Trinajstić information content (AvgIpc) is 2.78. The number of nitrogens with one attached hydrogen (secondary N) is 2. The number of hydrogen-bond donors (Lipinski definition) is 4. The Kier molecular flexibility index (Phi) is 9.82. The maximum Gasteiger partial charge on any atom is 0.412 e. The molecule has 2 aromatic carbocycles. The normalized spacial score (nSPS) is 12.0. The van der Waals surface area contributed by atoms with E-state index in [9.17, 15) is 18.4 Å². The number of rotatable bonds is 10. The van der Waals surface area contributed by atoms with Crippen LogP contribution < -0.4 is 15.5 Å². The molecule has 2 aromatic rings. The van der Waals surface area contributed by atoms with Crippen molar-refractivity contribution >= 4 is 17.7 Å². The number of allylic oxidation sites excluding steroid dienone is 2. The van der Waals surface area contributed by atoms with E-state index in [1.165, 1.54) is 17.6 Å². The second-order valence-corrected chi connectivity index (χ2v) is 6.28. The van der Waals surface area contributed by atoms with E-state index in [1.54, 1.807) is 30.3 Å². The lowest BCUT2D eigenvalue weighted by molar-refractivity contribution is -0.124. The van der Waals surface area contributed by atoms with Gasteiger partial charge in [-0.05, 0) is 29.8 Å². The number of hydrogen-bond acceptors (Lipinski definition) is 6. The molecule has 1 atom stereocenters. The van der Waals surface area contributed by atoms with Gasteiger partial charge in [-0.25, -0.2) is 19.1 Å². The van der Waals surface area contributed by atoms with Gasteiger partial charge < -0.3 is 14.6 Å². The SMILES string of the molecule is O=C(/C=C/C=C/C[C@H](OC(=O)Nc1ccc(F)cc1F)c1ccc(OCCO)cc1)NO. The quantitative estimate of drug-likeness (QED) is 0.191. The molecule has 8 nitrogen and oxygen atoms in total. The Labute approximate surface area is 182 Å². The summed E-state index contributed by atoms with van der Waals surface area (Å²) < 4.78 is 37.5. The zero-order valence-electron chi connectivity index (χ0n) is 16.8. The third-order valence-corrected chi connectivity index (χ3v) is 3.98. The van der Waals surface area contributed by atoms with E-state index in [4.69, 9.17) is 19.8 Å². The number of aliphatic hydroxyl groups is 1. The minimum absolute atomic E-state index is 0.126. The molecular weight excluding hydrogens is 426 g/mol. The highest BCUT2D eigenvalue weighted by Crippen LogP contribution is 2.25. The minimum Gasteiger partial charge on any atom is -0.491 e. The van der Waals surface area contributed by atoms with Gasteiger partial charge in [-0.3, -0.25) is 15.3 Å². The first-order valence-electron chi connectivity index (χ1n) is 9.46. The third kappa shape index (κ3) is 8.17. The lowest BCUT2D eigenvalue weighted by atomic mass is 10.1. The fourth-order valence-corrected chi connectivity index (χ4v) is 2.51. The summed E-state index contributed by atoms with van der Waals surface area (Å²) >= 11 is 0. The van der Waals surface area contributed by atoms with Crippen molar-refractivity contribution < 1.29 is 38.2 Å². The molecule has 0 bridgehead atoms. The summed E-state index contributed by atoms with van der Waals surface area (Å²) in [5.74, 6) is -1.93. The van der Waals surface area contributed by atoms with Crippen LogP contribution in [0.25, 0.3) is 0 Å². The largest absolute Gasteiger partial charge is 0.491 e. The van der Waals surface area contributed by atoms with Crippen molar-refractivity contribution in [3.63, 3.8) is 0 Å². The summed E-state index contributed by atoms with van der Waals surface area (Å²) in [6.07, 6.45) is 4.05. The lowest BCUT2D eigenvalue weighted by Gasteiger charge is -2.18. The first-order valence-corrected chi connectivity index (χ1v) is 9.46. The average molecular weight is 448 g/mol. The molecule has 0 radical (unpaired) electrons. The highest BCUT2D eigenvalue weighted by Gasteiger charge is 2.17. The van der Waals surface area contributed by atoms with Gasteiger partial charge in [-0.1, -0.05) is 30.4 Å². The molecule has 32 heavy (non-hydrogen) atoms. The summed E-state index contributed by atoms with van der Waals surface area (Å²) in [5, 5.41) is 19.5. The van der Waals surface area contributed by atoms with Crippen molar-refractivity contribution in [1.29, 1.82) is 0 Å². The van der Waals surface area contributed by atoms with E-state index in [0.717, 1.165) is 18.2 Å². The molecule has 4 N–H and O–H groups in total. The van der Waals surface area contributed by atoms with Crippen molar-refractivity contribution in [3.05, 3.63) is 84.0 Å². The van der Waals surface area contributed by atoms with E-state index in [1.807, 2.05) is 0 Å². The van der Waals surface area contributed by atoms with E-state index in [0.29, 0.717) is 17.4 Å². The minimum atomic E-state index is -0.954. The van der Waals surface area contributed by atoms with E-state index in [-0.39, 0.29) is 25.3 Å². The summed E-state index contributed by atoms with van der Waals surface area (Å²) in [6, 6.07) is 9.29. The smallest absolute Gasteiger partial charge is 0.412 e. The van der Waals surface area contributed by atoms with Crippen LogP contribution in [0.15, 0.2) is 66.8 Å². The molecule has 2 amide bonds. The van der Waals surface area contributed by atoms with Gasteiger partial charge in [0.05, 0.1) is 12.3 Å². The molecule has 0 saturated carbocycles. The number of halogens is 2. The van der Waals surface area contributed by atoms with Crippen LogP contribution in [0, 0.1) is 11.6 Å². The Morgan fingerprint density at radius 2 is 1.84 bits per heavy atom. The van der Waals surface area contributed by atoms with Crippen LogP contribution in [0.1, 0.15) is 18.1 Å². The van der Waals surface area contributed by atoms with Crippen LogP contribution >= 0.6 is 0 Å². The Morgan fingerprint density at radius 1 is 1.09 bits per heavy atom. The molecule has 0 fully saturated rings. The molecular formula is C22H22F2N2O6. The number of anilines is 1. The first kappa shape index (κ1) is 24.5. The fourth-order valence-electron chi connectivity index (χ4n) is 2.51. The molecule has 170 valence electrons. The molecule has 0 aliphatic rings. The molecule has 0 saturated heterocycles. The summed E-state index contributed by atoms with van der Waals surface area (Å²) in [7, 11) is 0. The highest BCUT2D eigenvalue weighted by molar-refractivity contribution is 5.86. The zero-order valence-corrected chi connectivity index (χ0v) is 16.8. The number of aliphatic hydroxyl groups excluding tert-OH is 1. The molecule has 2 rings (SSSR count). The van der Waals surface area contributed by atoms with Gasteiger partial charge in [0.15, 0.2) is 0 Å². The highest BCUT2D eigenvalue weighted by atomic mass is 19.1. The number of hydroxylamine groups is 1. The molecule has 0 spiro atoms.